The largest absolute Gasteiger partial charge is 0.457 e. The highest BCUT2D eigenvalue weighted by molar-refractivity contribution is 7.01. The van der Waals surface area contributed by atoms with Crippen LogP contribution in [0, 0.1) is 0 Å². The van der Waals surface area contributed by atoms with Crippen LogP contribution in [-0.2, 0) is 0 Å². The molecular weight excluding hydrogens is 563 g/mol. The molecule has 0 aliphatic carbocycles. The monoisotopic (exact) mass is 595 g/mol. The Morgan fingerprint density at radius 3 is 1.82 bits per heavy atom. The highest BCUT2D eigenvalue weighted by Crippen LogP contribution is 2.42. The van der Waals surface area contributed by atoms with Crippen molar-refractivity contribution in [2.45, 2.75) is 13.1 Å². The van der Waals surface area contributed by atoms with E-state index in [0.29, 0.717) is 0 Å². The molecule has 0 unspecified atom stereocenters. The lowest BCUT2D eigenvalue weighted by Gasteiger charge is -2.34. The van der Waals surface area contributed by atoms with E-state index in [1.807, 2.05) is 0 Å². The molecule has 3 heteroatoms. The van der Waals surface area contributed by atoms with Crippen molar-refractivity contribution in [1.82, 2.24) is 0 Å². The van der Waals surface area contributed by atoms with Gasteiger partial charge in [-0.3, -0.25) is 0 Å². The van der Waals surface area contributed by atoms with Gasteiger partial charge in [-0.25, -0.2) is 0 Å². The average molecular weight is 596 g/mol. The van der Waals surface area contributed by atoms with Crippen molar-refractivity contribution >= 4 is 46.3 Å². The molecule has 0 bridgehead atoms. The van der Waals surface area contributed by atoms with E-state index in [2.05, 4.69) is 182 Å². The van der Waals surface area contributed by atoms with Gasteiger partial charge in [0.2, 0.25) is 0 Å². The van der Waals surface area contributed by atoms with E-state index < -0.39 is 8.07 Å². The van der Waals surface area contributed by atoms with Crippen LogP contribution in [0.1, 0.15) is 0 Å². The Bertz CT molecular complexity index is 2150. The van der Waals surface area contributed by atoms with Crippen LogP contribution in [0.4, 0.5) is 17.1 Å². The molecule has 0 saturated heterocycles. The summed E-state index contributed by atoms with van der Waals surface area (Å²) in [6, 6.07) is 58.7. The van der Waals surface area contributed by atoms with Gasteiger partial charge < -0.3 is 9.64 Å². The Labute approximate surface area is 265 Å². The summed E-state index contributed by atoms with van der Waals surface area (Å²) in [5, 5.41) is 5.14. The standard InChI is InChI=1S/C42H33NOSi/c1-45(2)40-20-9-8-19-39(40)44-42-37(17-11-21-41(42)45)33-24-28-35(29-25-33)43(38-18-10-15-32-14-6-7-16-36(32)38)34-26-22-31(23-27-34)30-12-4-3-5-13-30/h3-29H,1-2H3. The Balaban J connectivity index is 1.23. The summed E-state index contributed by atoms with van der Waals surface area (Å²) in [4.78, 5) is 2.37. The summed E-state index contributed by atoms with van der Waals surface area (Å²) in [5.41, 5.74) is 8.08. The lowest BCUT2D eigenvalue weighted by atomic mass is 10.0. The summed E-state index contributed by atoms with van der Waals surface area (Å²) >= 11 is 0. The third-order valence-electron chi connectivity index (χ3n) is 9.14. The molecule has 8 rings (SSSR count). The Morgan fingerprint density at radius 2 is 1.04 bits per heavy atom. The molecule has 0 saturated carbocycles. The summed E-state index contributed by atoms with van der Waals surface area (Å²) in [6.07, 6.45) is 0. The zero-order valence-corrected chi connectivity index (χ0v) is 26.4. The van der Waals surface area contributed by atoms with Gasteiger partial charge in [0.15, 0.2) is 0 Å². The molecule has 0 atom stereocenters. The normalized spacial score (nSPS) is 13.0. The van der Waals surface area contributed by atoms with Gasteiger partial charge in [-0.15, -0.1) is 0 Å². The summed E-state index contributed by atoms with van der Waals surface area (Å²) < 4.78 is 6.64. The predicted octanol–water partition coefficient (Wildman–Crippen LogP) is 10.6. The van der Waals surface area contributed by atoms with E-state index in [4.69, 9.17) is 4.74 Å². The van der Waals surface area contributed by atoms with Crippen LogP contribution in [0.5, 0.6) is 11.5 Å². The van der Waals surface area contributed by atoms with Crippen molar-refractivity contribution in [1.29, 1.82) is 0 Å². The summed E-state index contributed by atoms with van der Waals surface area (Å²) in [5.74, 6) is 2.00. The highest BCUT2D eigenvalue weighted by Gasteiger charge is 2.37. The molecule has 0 aromatic heterocycles. The van der Waals surface area contributed by atoms with Crippen LogP contribution < -0.4 is 20.0 Å². The van der Waals surface area contributed by atoms with Crippen molar-refractivity contribution in [2.24, 2.45) is 0 Å². The van der Waals surface area contributed by atoms with Gasteiger partial charge in [-0.05, 0) is 68.8 Å². The molecule has 7 aromatic carbocycles. The van der Waals surface area contributed by atoms with E-state index in [9.17, 15) is 0 Å². The molecule has 216 valence electrons. The van der Waals surface area contributed by atoms with Crippen molar-refractivity contribution in [2.75, 3.05) is 4.90 Å². The number of ether oxygens (including phenoxy) is 1. The zero-order chi connectivity index (χ0) is 30.4. The maximum atomic E-state index is 6.64. The number of benzene rings is 7. The molecule has 45 heavy (non-hydrogen) atoms. The molecule has 1 aliphatic rings. The molecule has 7 aromatic rings. The molecule has 2 nitrogen and oxygen atoms in total. The first-order valence-corrected chi connectivity index (χ1v) is 18.5. The molecule has 0 spiro atoms. The SMILES string of the molecule is C[Si]1(C)c2ccccc2Oc2c(-c3ccc(N(c4ccc(-c5ccccc5)cc4)c4cccc5ccccc45)cc3)cccc21. The summed E-state index contributed by atoms with van der Waals surface area (Å²) in [7, 11) is -1.90. The number of para-hydroxylation sites is 2. The van der Waals surface area contributed by atoms with Crippen LogP contribution in [0.3, 0.4) is 0 Å². The van der Waals surface area contributed by atoms with Gasteiger partial charge in [-0.2, -0.15) is 0 Å². The second-order valence-electron chi connectivity index (χ2n) is 12.2. The topological polar surface area (TPSA) is 12.5 Å². The van der Waals surface area contributed by atoms with E-state index in [1.165, 1.54) is 32.3 Å². The van der Waals surface area contributed by atoms with Crippen molar-refractivity contribution in [3.05, 3.63) is 164 Å². The first kappa shape index (κ1) is 27.2. The number of rotatable bonds is 5. The lowest BCUT2D eigenvalue weighted by Crippen LogP contribution is -2.56. The number of hydrogen-bond acceptors (Lipinski definition) is 2. The van der Waals surface area contributed by atoms with Gasteiger partial charge in [-0.1, -0.05) is 140 Å². The second-order valence-corrected chi connectivity index (χ2v) is 16.5. The van der Waals surface area contributed by atoms with Crippen molar-refractivity contribution < 1.29 is 4.74 Å². The Morgan fingerprint density at radius 1 is 0.467 bits per heavy atom. The number of nitrogens with zero attached hydrogens (tertiary/aromatic N) is 1. The van der Waals surface area contributed by atoms with Crippen LogP contribution in [0.25, 0.3) is 33.0 Å². The van der Waals surface area contributed by atoms with Crippen LogP contribution in [0.2, 0.25) is 13.1 Å². The van der Waals surface area contributed by atoms with Gasteiger partial charge in [0.25, 0.3) is 0 Å². The number of fused-ring (bicyclic) bond motifs is 3. The smallest absolute Gasteiger partial charge is 0.134 e. The quantitative estimate of drug-likeness (QED) is 0.184. The van der Waals surface area contributed by atoms with Crippen molar-refractivity contribution in [3.8, 4) is 33.8 Å². The molecule has 1 aliphatic heterocycles. The summed E-state index contributed by atoms with van der Waals surface area (Å²) in [6.45, 7) is 4.84. The Hall–Kier alpha value is -5.38. The lowest BCUT2D eigenvalue weighted by molar-refractivity contribution is 0.488. The van der Waals surface area contributed by atoms with Gasteiger partial charge in [0.05, 0.1) is 5.69 Å². The fourth-order valence-electron chi connectivity index (χ4n) is 6.75. The molecule has 0 N–H and O–H groups in total. The van der Waals surface area contributed by atoms with Crippen molar-refractivity contribution in [3.63, 3.8) is 0 Å². The Kier molecular flexibility index (Phi) is 6.62. The minimum atomic E-state index is -1.90. The third kappa shape index (κ3) is 4.73. The fourth-order valence-corrected chi connectivity index (χ4v) is 9.57. The van der Waals surface area contributed by atoms with Gasteiger partial charge >= 0.3 is 0 Å². The minimum Gasteiger partial charge on any atom is -0.457 e. The maximum absolute atomic E-state index is 6.64. The fraction of sp³-hybridized carbons (Fsp3) is 0.0476. The van der Waals surface area contributed by atoms with Crippen LogP contribution in [0.15, 0.2) is 164 Å². The molecule has 0 fully saturated rings. The highest BCUT2D eigenvalue weighted by atomic mass is 28.3. The zero-order valence-electron chi connectivity index (χ0n) is 25.4. The molecule has 1 heterocycles. The van der Waals surface area contributed by atoms with Crippen LogP contribution in [-0.4, -0.2) is 8.07 Å². The van der Waals surface area contributed by atoms with E-state index in [-0.39, 0.29) is 0 Å². The second kappa shape index (κ2) is 11.0. The number of anilines is 3. The van der Waals surface area contributed by atoms with E-state index >= 15 is 0 Å². The average Bonchev–Trinajstić information content (AvgIpc) is 3.09. The maximum Gasteiger partial charge on any atom is 0.134 e. The van der Waals surface area contributed by atoms with Crippen LogP contribution >= 0.6 is 0 Å². The minimum absolute atomic E-state index is 0.992. The molecule has 0 radical (unpaired) electrons. The van der Waals surface area contributed by atoms with Gasteiger partial charge in [0.1, 0.15) is 19.6 Å². The van der Waals surface area contributed by atoms with Gasteiger partial charge in [0, 0.05) is 22.3 Å². The number of hydrogen-bond donors (Lipinski definition) is 0. The molecular formula is C42H33NOSi. The predicted molar refractivity (Wildman–Crippen MR) is 193 cm³/mol. The van der Waals surface area contributed by atoms with E-state index in [0.717, 1.165) is 39.7 Å². The molecule has 0 amide bonds. The first-order valence-electron chi connectivity index (χ1n) is 15.5. The van der Waals surface area contributed by atoms with E-state index in [1.54, 1.807) is 0 Å². The third-order valence-corrected chi connectivity index (χ3v) is 12.6. The first-order chi connectivity index (χ1) is 22.1.